The van der Waals surface area contributed by atoms with Crippen molar-refractivity contribution in [3.05, 3.63) is 64.7 Å². The molecule has 2 aromatic carbocycles. The predicted molar refractivity (Wildman–Crippen MR) is 158 cm³/mol. The van der Waals surface area contributed by atoms with Crippen molar-refractivity contribution in [1.29, 1.82) is 0 Å². The van der Waals surface area contributed by atoms with Crippen molar-refractivity contribution in [3.8, 4) is 0 Å². The molecular weight excluding hydrogens is 510 g/mol. The number of anilines is 1. The zero-order valence-corrected chi connectivity index (χ0v) is 25.0. The van der Waals surface area contributed by atoms with E-state index in [9.17, 15) is 18.0 Å². The highest BCUT2D eigenvalue weighted by Gasteiger charge is 2.30. The molecule has 0 heterocycles. The first-order valence-corrected chi connectivity index (χ1v) is 16.1. The van der Waals surface area contributed by atoms with Gasteiger partial charge in [-0.05, 0) is 80.8 Å². The molecule has 1 aliphatic carbocycles. The van der Waals surface area contributed by atoms with Crippen LogP contribution in [0.1, 0.15) is 80.5 Å². The molecule has 8 heteroatoms. The number of hydrogen-bond acceptors (Lipinski definition) is 4. The van der Waals surface area contributed by atoms with Crippen molar-refractivity contribution in [3.63, 3.8) is 0 Å². The van der Waals surface area contributed by atoms with Crippen LogP contribution in [0.25, 0.3) is 0 Å². The minimum absolute atomic E-state index is 0.0979. The third kappa shape index (κ3) is 8.56. The van der Waals surface area contributed by atoms with Gasteiger partial charge in [0.2, 0.25) is 21.8 Å². The van der Waals surface area contributed by atoms with Crippen LogP contribution in [0.3, 0.4) is 0 Å². The van der Waals surface area contributed by atoms with Crippen LogP contribution in [0, 0.1) is 20.8 Å². The first-order valence-electron chi connectivity index (χ1n) is 14.2. The maximum absolute atomic E-state index is 13.7. The molecule has 2 aromatic rings. The predicted octanol–water partition coefficient (Wildman–Crippen LogP) is 5.41. The standard InChI is InChI=1S/C31H45N3O4S/c1-6-29(31(36)32-27-15-8-7-9-16-27)33(22-26-14-11-10-13-24(26)3)30(35)17-12-20-34(39(5,37)38)28-19-18-23(2)25(4)21-28/h10-11,13-14,18-19,21,27,29H,6-9,12,15-17,20,22H2,1-5H3,(H,32,36)/t29-/m1/s1. The largest absolute Gasteiger partial charge is 0.352 e. The Morgan fingerprint density at radius 1 is 0.974 bits per heavy atom. The molecule has 1 fully saturated rings. The third-order valence-electron chi connectivity index (χ3n) is 7.87. The van der Waals surface area contributed by atoms with Gasteiger partial charge in [-0.1, -0.05) is 56.5 Å². The second-order valence-electron chi connectivity index (χ2n) is 10.9. The van der Waals surface area contributed by atoms with Crippen LogP contribution < -0.4 is 9.62 Å². The quantitative estimate of drug-likeness (QED) is 0.379. The molecule has 1 N–H and O–H groups in total. The number of nitrogens with zero attached hydrogens (tertiary/aromatic N) is 2. The van der Waals surface area contributed by atoms with Crippen molar-refractivity contribution in [2.45, 2.75) is 97.7 Å². The summed E-state index contributed by atoms with van der Waals surface area (Å²) in [5.41, 5.74) is 4.77. The lowest BCUT2D eigenvalue weighted by Gasteiger charge is -2.33. The number of nitrogens with one attached hydrogen (secondary N) is 1. The van der Waals surface area contributed by atoms with Gasteiger partial charge in [0.15, 0.2) is 0 Å². The molecule has 0 unspecified atom stereocenters. The molecule has 0 aromatic heterocycles. The van der Waals surface area contributed by atoms with Crippen LogP contribution in [0.5, 0.6) is 0 Å². The Labute approximate surface area is 235 Å². The number of aryl methyl sites for hydroxylation is 3. The molecular formula is C31H45N3O4S. The number of sulfonamides is 1. The molecule has 2 amide bonds. The second-order valence-corrected chi connectivity index (χ2v) is 12.8. The van der Waals surface area contributed by atoms with E-state index in [2.05, 4.69) is 5.32 Å². The zero-order valence-electron chi connectivity index (χ0n) is 24.2. The minimum Gasteiger partial charge on any atom is -0.352 e. The molecule has 214 valence electrons. The van der Waals surface area contributed by atoms with Gasteiger partial charge in [0.1, 0.15) is 6.04 Å². The van der Waals surface area contributed by atoms with Gasteiger partial charge in [-0.25, -0.2) is 8.42 Å². The molecule has 0 bridgehead atoms. The van der Waals surface area contributed by atoms with Crippen molar-refractivity contribution in [2.75, 3.05) is 17.1 Å². The van der Waals surface area contributed by atoms with E-state index in [4.69, 9.17) is 0 Å². The smallest absolute Gasteiger partial charge is 0.243 e. The van der Waals surface area contributed by atoms with Gasteiger partial charge in [0.25, 0.3) is 0 Å². The summed E-state index contributed by atoms with van der Waals surface area (Å²) in [6, 6.07) is 13.1. The van der Waals surface area contributed by atoms with E-state index in [1.807, 2.05) is 64.1 Å². The molecule has 0 spiro atoms. The summed E-state index contributed by atoms with van der Waals surface area (Å²) in [6.07, 6.45) is 7.59. The highest BCUT2D eigenvalue weighted by molar-refractivity contribution is 7.92. The molecule has 0 radical (unpaired) electrons. The van der Waals surface area contributed by atoms with Gasteiger partial charge in [0, 0.05) is 25.6 Å². The van der Waals surface area contributed by atoms with E-state index in [1.165, 1.54) is 17.0 Å². The summed E-state index contributed by atoms with van der Waals surface area (Å²) in [4.78, 5) is 28.8. The highest BCUT2D eigenvalue weighted by Crippen LogP contribution is 2.23. The van der Waals surface area contributed by atoms with Crippen LogP contribution >= 0.6 is 0 Å². The molecule has 1 saturated carbocycles. The Balaban J connectivity index is 1.77. The molecule has 39 heavy (non-hydrogen) atoms. The Hall–Kier alpha value is -2.87. The number of benzene rings is 2. The summed E-state index contributed by atoms with van der Waals surface area (Å²) in [5, 5.41) is 3.21. The lowest BCUT2D eigenvalue weighted by Crippen LogP contribution is -2.51. The summed E-state index contributed by atoms with van der Waals surface area (Å²) in [6.45, 7) is 8.42. The van der Waals surface area contributed by atoms with E-state index in [-0.39, 0.29) is 30.8 Å². The summed E-state index contributed by atoms with van der Waals surface area (Å²) >= 11 is 0. The summed E-state index contributed by atoms with van der Waals surface area (Å²) in [7, 11) is -3.53. The number of carbonyl (C=O) groups is 2. The first-order chi connectivity index (χ1) is 18.5. The fourth-order valence-electron chi connectivity index (χ4n) is 5.32. The zero-order chi connectivity index (χ0) is 28.6. The molecule has 1 atom stereocenters. The van der Waals surface area contributed by atoms with Crippen LogP contribution in [0.15, 0.2) is 42.5 Å². The summed E-state index contributed by atoms with van der Waals surface area (Å²) < 4.78 is 26.6. The Morgan fingerprint density at radius 2 is 1.67 bits per heavy atom. The summed E-state index contributed by atoms with van der Waals surface area (Å²) in [5.74, 6) is -0.239. The lowest BCUT2D eigenvalue weighted by molar-refractivity contribution is -0.141. The fraction of sp³-hybridized carbons (Fsp3) is 0.548. The second kappa shape index (κ2) is 14.0. The van der Waals surface area contributed by atoms with Crippen molar-refractivity contribution in [2.24, 2.45) is 0 Å². The maximum Gasteiger partial charge on any atom is 0.243 e. The lowest BCUT2D eigenvalue weighted by atomic mass is 9.95. The average molecular weight is 556 g/mol. The van der Waals surface area contributed by atoms with Gasteiger partial charge < -0.3 is 10.2 Å². The Bertz CT molecular complexity index is 1240. The van der Waals surface area contributed by atoms with Crippen LogP contribution in [0.2, 0.25) is 0 Å². The minimum atomic E-state index is -3.53. The van der Waals surface area contributed by atoms with E-state index < -0.39 is 16.1 Å². The van der Waals surface area contributed by atoms with Gasteiger partial charge in [-0.15, -0.1) is 0 Å². The number of carbonyl (C=O) groups excluding carboxylic acids is 2. The van der Waals surface area contributed by atoms with Crippen molar-refractivity contribution < 1.29 is 18.0 Å². The maximum atomic E-state index is 13.7. The topological polar surface area (TPSA) is 86.8 Å². The van der Waals surface area contributed by atoms with Gasteiger partial charge in [-0.2, -0.15) is 0 Å². The average Bonchev–Trinajstić information content (AvgIpc) is 2.89. The monoisotopic (exact) mass is 555 g/mol. The Morgan fingerprint density at radius 3 is 2.28 bits per heavy atom. The van der Waals surface area contributed by atoms with Crippen LogP contribution in [-0.4, -0.2) is 50.0 Å². The third-order valence-corrected chi connectivity index (χ3v) is 9.06. The molecule has 0 aliphatic heterocycles. The molecule has 7 nitrogen and oxygen atoms in total. The first kappa shape index (κ1) is 30.7. The van der Waals surface area contributed by atoms with Crippen molar-refractivity contribution in [1.82, 2.24) is 10.2 Å². The van der Waals surface area contributed by atoms with Gasteiger partial charge in [-0.3, -0.25) is 13.9 Å². The van der Waals surface area contributed by atoms with E-state index in [0.717, 1.165) is 47.9 Å². The van der Waals surface area contributed by atoms with Crippen molar-refractivity contribution >= 4 is 27.5 Å². The molecule has 0 saturated heterocycles. The number of hydrogen-bond donors (Lipinski definition) is 1. The van der Waals surface area contributed by atoms with Crippen LogP contribution in [-0.2, 0) is 26.2 Å². The van der Waals surface area contributed by atoms with Crippen LogP contribution in [0.4, 0.5) is 5.69 Å². The van der Waals surface area contributed by atoms with Gasteiger partial charge >= 0.3 is 0 Å². The highest BCUT2D eigenvalue weighted by atomic mass is 32.2. The molecule has 1 aliphatic rings. The number of amides is 2. The van der Waals surface area contributed by atoms with E-state index in [0.29, 0.717) is 25.1 Å². The van der Waals surface area contributed by atoms with E-state index in [1.54, 1.807) is 11.0 Å². The fourth-order valence-corrected chi connectivity index (χ4v) is 6.28. The SMILES string of the molecule is CC[C@H](C(=O)NC1CCCCC1)N(Cc1ccccc1C)C(=O)CCCN(c1ccc(C)c(C)c1)S(C)(=O)=O. The Kier molecular flexibility index (Phi) is 11.0. The molecule has 3 rings (SSSR count). The van der Waals surface area contributed by atoms with E-state index >= 15 is 0 Å². The number of rotatable bonds is 12. The normalized spacial score (nSPS) is 15.0. The van der Waals surface area contributed by atoms with Gasteiger partial charge in [0.05, 0.1) is 11.9 Å².